The van der Waals surface area contributed by atoms with Gasteiger partial charge in [0.05, 0.1) is 22.9 Å². The summed E-state index contributed by atoms with van der Waals surface area (Å²) in [6, 6.07) is 7.77. The Morgan fingerprint density at radius 2 is 1.78 bits per heavy atom. The molecule has 0 bridgehead atoms. The molecule has 1 saturated carbocycles. The molecule has 2 heterocycles. The summed E-state index contributed by atoms with van der Waals surface area (Å²) >= 11 is 0. The van der Waals surface area contributed by atoms with Gasteiger partial charge in [0.25, 0.3) is 5.91 Å². The zero-order valence-corrected chi connectivity index (χ0v) is 21.1. The van der Waals surface area contributed by atoms with Crippen LogP contribution in [-0.2, 0) is 26.6 Å². The van der Waals surface area contributed by atoms with Gasteiger partial charge in [0.2, 0.25) is 11.9 Å². The number of carbonyl (C=O) groups excluding carboxylic acids is 2. The Morgan fingerprint density at radius 1 is 1.11 bits per heavy atom. The molecule has 5 N–H and O–H groups in total. The Kier molecular flexibility index (Phi) is 7.34. The van der Waals surface area contributed by atoms with E-state index in [1.807, 2.05) is 24.3 Å². The van der Waals surface area contributed by atoms with Crippen molar-refractivity contribution < 1.29 is 18.0 Å². The molecule has 194 valence electrons. The average Bonchev–Trinajstić information content (AvgIpc) is 3.27. The van der Waals surface area contributed by atoms with Gasteiger partial charge in [-0.25, -0.2) is 18.4 Å². The number of nitrogens with two attached hydrogens (primary N) is 1. The predicted octanol–water partition coefficient (Wildman–Crippen LogP) is 0.912. The van der Waals surface area contributed by atoms with Crippen LogP contribution in [0.2, 0.25) is 0 Å². The molecule has 0 unspecified atom stereocenters. The number of rotatable bonds is 9. The number of hydrogen-bond donors (Lipinski definition) is 4. The summed E-state index contributed by atoms with van der Waals surface area (Å²) in [7, 11) is -3.18. The molecule has 1 aliphatic rings. The fourth-order valence-electron chi connectivity index (χ4n) is 4.13. The Bertz CT molecular complexity index is 1410. The molecule has 37 heavy (non-hydrogen) atoms. The number of benzene rings is 1. The second-order valence-electron chi connectivity index (χ2n) is 9.08. The van der Waals surface area contributed by atoms with Crippen LogP contribution in [0.15, 0.2) is 49.1 Å². The summed E-state index contributed by atoms with van der Waals surface area (Å²) in [5, 5.41) is 17.9. The summed E-state index contributed by atoms with van der Waals surface area (Å²) < 4.78 is 23.6. The Hall–Kier alpha value is -4.13. The maximum atomic E-state index is 12.8. The van der Waals surface area contributed by atoms with Gasteiger partial charge in [-0.05, 0) is 24.0 Å². The zero-order valence-electron chi connectivity index (χ0n) is 20.3. The topological polar surface area (TPSA) is 186 Å². The maximum Gasteiger partial charge on any atom is 0.259 e. The molecule has 1 fully saturated rings. The fourth-order valence-corrected chi connectivity index (χ4v) is 4.61. The average molecular weight is 525 g/mol. The van der Waals surface area contributed by atoms with Crippen molar-refractivity contribution in [3.05, 3.63) is 60.2 Å². The molecular weight excluding hydrogens is 496 g/mol. The lowest BCUT2D eigenvalue weighted by molar-refractivity contribution is -0.121. The van der Waals surface area contributed by atoms with Crippen LogP contribution in [0.1, 0.15) is 35.2 Å². The van der Waals surface area contributed by atoms with Gasteiger partial charge in [0.1, 0.15) is 22.2 Å². The molecule has 1 aromatic carbocycles. The number of carbonyl (C=O) groups is 2. The number of nitrogen functional groups attached to an aromatic ring is 1. The minimum Gasteiger partial charge on any atom is -0.368 e. The van der Waals surface area contributed by atoms with E-state index < -0.39 is 27.1 Å². The summed E-state index contributed by atoms with van der Waals surface area (Å²) in [6.45, 7) is -0.163. The third-order valence-corrected chi connectivity index (χ3v) is 7.31. The number of hydrogen-bond acceptors (Lipinski definition) is 9. The lowest BCUT2D eigenvalue weighted by Gasteiger charge is -2.42. The van der Waals surface area contributed by atoms with Crippen LogP contribution in [-0.4, -0.2) is 64.4 Å². The van der Waals surface area contributed by atoms with E-state index in [9.17, 15) is 18.0 Å². The largest absolute Gasteiger partial charge is 0.368 e. The number of sulfone groups is 1. The SMILES string of the molecule is CS(=O)(=O)CCNC(=O)Cn1cc(C(=O)NC(=N)C2(c3ccc(-c4cnc(N)nc4)cc3)CCC2)cn1. The van der Waals surface area contributed by atoms with Crippen molar-refractivity contribution in [3.63, 3.8) is 0 Å². The lowest BCUT2D eigenvalue weighted by Crippen LogP contribution is -2.50. The van der Waals surface area contributed by atoms with Gasteiger partial charge < -0.3 is 16.4 Å². The maximum absolute atomic E-state index is 12.8. The minimum atomic E-state index is -3.18. The summed E-state index contributed by atoms with van der Waals surface area (Å²) in [6.07, 6.45) is 9.55. The highest BCUT2D eigenvalue weighted by molar-refractivity contribution is 7.90. The second kappa shape index (κ2) is 10.5. The van der Waals surface area contributed by atoms with Crippen LogP contribution < -0.4 is 16.4 Å². The highest BCUT2D eigenvalue weighted by Gasteiger charge is 2.43. The van der Waals surface area contributed by atoms with E-state index in [1.165, 1.54) is 17.1 Å². The zero-order chi connectivity index (χ0) is 26.6. The van der Waals surface area contributed by atoms with Crippen molar-refractivity contribution in [1.29, 1.82) is 5.41 Å². The molecule has 0 atom stereocenters. The van der Waals surface area contributed by atoms with Gasteiger partial charge >= 0.3 is 0 Å². The van der Waals surface area contributed by atoms with Crippen molar-refractivity contribution in [2.45, 2.75) is 31.2 Å². The molecule has 2 amide bonds. The molecule has 13 heteroatoms. The second-order valence-corrected chi connectivity index (χ2v) is 11.3. The van der Waals surface area contributed by atoms with Crippen molar-refractivity contribution in [1.82, 2.24) is 30.4 Å². The predicted molar refractivity (Wildman–Crippen MR) is 138 cm³/mol. The first-order chi connectivity index (χ1) is 17.6. The van der Waals surface area contributed by atoms with Crippen molar-refractivity contribution in [2.75, 3.05) is 24.3 Å². The molecule has 0 spiro atoms. The molecule has 1 aliphatic carbocycles. The molecule has 3 aromatic rings. The van der Waals surface area contributed by atoms with Crippen molar-refractivity contribution in [3.8, 4) is 11.1 Å². The highest BCUT2D eigenvalue weighted by Crippen LogP contribution is 2.44. The quantitative estimate of drug-likeness (QED) is 0.235. The van der Waals surface area contributed by atoms with E-state index in [0.29, 0.717) is 0 Å². The first kappa shape index (κ1) is 25.9. The first-order valence-corrected chi connectivity index (χ1v) is 13.7. The Morgan fingerprint density at radius 3 is 2.38 bits per heavy atom. The van der Waals surface area contributed by atoms with Gasteiger partial charge in [-0.15, -0.1) is 0 Å². The third kappa shape index (κ3) is 6.17. The molecule has 4 rings (SSSR count). The number of nitrogens with one attached hydrogen (secondary N) is 3. The number of aromatic nitrogens is 4. The number of amidine groups is 1. The third-order valence-electron chi connectivity index (χ3n) is 6.36. The van der Waals surface area contributed by atoms with E-state index in [-0.39, 0.29) is 36.2 Å². The minimum absolute atomic E-state index is 0.000259. The van der Waals surface area contributed by atoms with E-state index in [0.717, 1.165) is 42.2 Å². The van der Waals surface area contributed by atoms with Crippen LogP contribution in [0.25, 0.3) is 11.1 Å². The van der Waals surface area contributed by atoms with Crippen LogP contribution in [0, 0.1) is 5.41 Å². The summed E-state index contributed by atoms with van der Waals surface area (Å²) in [5.74, 6) is -0.757. The van der Waals surface area contributed by atoms with E-state index in [1.54, 1.807) is 12.4 Å². The van der Waals surface area contributed by atoms with E-state index in [4.69, 9.17) is 11.1 Å². The van der Waals surface area contributed by atoms with Gasteiger partial charge in [-0.1, -0.05) is 30.7 Å². The molecule has 0 saturated heterocycles. The van der Waals surface area contributed by atoms with Crippen LogP contribution >= 0.6 is 0 Å². The van der Waals surface area contributed by atoms with Crippen molar-refractivity contribution >= 4 is 33.4 Å². The van der Waals surface area contributed by atoms with Crippen LogP contribution in [0.4, 0.5) is 5.95 Å². The van der Waals surface area contributed by atoms with Gasteiger partial charge in [-0.2, -0.15) is 5.10 Å². The molecule has 0 aliphatic heterocycles. The Labute approximate surface area is 214 Å². The Balaban J connectivity index is 1.38. The number of anilines is 1. The smallest absolute Gasteiger partial charge is 0.259 e. The molecule has 0 radical (unpaired) electrons. The standard InChI is InChI=1S/C24H28N8O4S/c1-37(35,36)10-9-27-20(33)15-32-14-18(13-30-32)21(34)31-22(25)24(7-2-8-24)19-5-3-16(4-6-19)17-11-28-23(26)29-12-17/h3-6,11-14H,2,7-10,15H2,1H3,(H,27,33)(H2,25,31,34)(H2,26,28,29). The summed E-state index contributed by atoms with van der Waals surface area (Å²) in [5.41, 5.74) is 7.87. The summed E-state index contributed by atoms with van der Waals surface area (Å²) in [4.78, 5) is 32.9. The molecular formula is C24H28N8O4S. The van der Waals surface area contributed by atoms with E-state index >= 15 is 0 Å². The monoisotopic (exact) mass is 524 g/mol. The lowest BCUT2D eigenvalue weighted by atomic mass is 9.63. The normalized spacial score (nSPS) is 14.4. The number of nitrogens with zero attached hydrogens (tertiary/aromatic N) is 4. The van der Waals surface area contributed by atoms with E-state index in [2.05, 4.69) is 25.7 Å². The van der Waals surface area contributed by atoms with Crippen LogP contribution in [0.3, 0.4) is 0 Å². The first-order valence-electron chi connectivity index (χ1n) is 11.6. The fraction of sp³-hybridized carbons (Fsp3) is 0.333. The molecule has 2 aromatic heterocycles. The highest BCUT2D eigenvalue weighted by atomic mass is 32.2. The van der Waals surface area contributed by atoms with Gasteiger partial charge in [-0.3, -0.25) is 19.7 Å². The molecule has 12 nitrogen and oxygen atoms in total. The van der Waals surface area contributed by atoms with Gasteiger partial charge in [0.15, 0.2) is 0 Å². The van der Waals surface area contributed by atoms with Crippen LogP contribution in [0.5, 0.6) is 0 Å². The van der Waals surface area contributed by atoms with Gasteiger partial charge in [0, 0.05) is 37.0 Å². The van der Waals surface area contributed by atoms with Crippen molar-refractivity contribution in [2.24, 2.45) is 0 Å². The number of amides is 2.